The number of rotatable bonds is 13. The zero-order valence-electron chi connectivity index (χ0n) is 25.9. The minimum absolute atomic E-state index is 0.0657. The summed E-state index contributed by atoms with van der Waals surface area (Å²) in [7, 11) is 0. The molecule has 1 aromatic heterocycles. The predicted octanol–water partition coefficient (Wildman–Crippen LogP) is 1.79. The van der Waals surface area contributed by atoms with Crippen molar-refractivity contribution in [1.82, 2.24) is 25.9 Å². The fourth-order valence-corrected chi connectivity index (χ4v) is 5.53. The summed E-state index contributed by atoms with van der Waals surface area (Å²) in [4.78, 5) is 64.7. The van der Waals surface area contributed by atoms with Crippen LogP contribution in [0.4, 0.5) is 5.82 Å². The summed E-state index contributed by atoms with van der Waals surface area (Å²) in [6.45, 7) is 1.76. The summed E-state index contributed by atoms with van der Waals surface area (Å²) in [5, 5.41) is 15.5. The Kier molecular flexibility index (Phi) is 11.9. The lowest BCUT2D eigenvalue weighted by Crippen LogP contribution is -2.58. The third-order valence-corrected chi connectivity index (χ3v) is 7.91. The van der Waals surface area contributed by atoms with Gasteiger partial charge in [0, 0.05) is 12.6 Å². The quantitative estimate of drug-likeness (QED) is 0.0705. The highest BCUT2D eigenvalue weighted by Gasteiger charge is 2.38. The van der Waals surface area contributed by atoms with Crippen LogP contribution < -0.4 is 32.3 Å². The molecule has 46 heavy (non-hydrogen) atoms. The number of nitrogens with one attached hydrogen (secondary N) is 4. The van der Waals surface area contributed by atoms with E-state index in [1.807, 2.05) is 30.2 Å². The molecule has 242 valence electrons. The maximum Gasteiger partial charge on any atom is 0.256 e. The van der Waals surface area contributed by atoms with Gasteiger partial charge in [0.1, 0.15) is 18.0 Å². The number of anilines is 1. The summed E-state index contributed by atoms with van der Waals surface area (Å²) < 4.78 is 0. The van der Waals surface area contributed by atoms with Crippen LogP contribution in [0.15, 0.2) is 60.8 Å². The molecule has 13 heteroatoms. The Morgan fingerprint density at radius 2 is 1.67 bits per heavy atom. The van der Waals surface area contributed by atoms with E-state index in [2.05, 4.69) is 20.9 Å². The SMILES string of the molecule is C[C@H](N)C(=O)N[C@@H](CCCNC(=N)N)C(=O)N[C@H](C(=O)N(c1cnc2ccccc2n1)C1CCCCC1)C(=C=O)c1ccccc1. The number of benzene rings is 2. The molecular formula is C33H41N9O4. The Morgan fingerprint density at radius 1 is 1.00 bits per heavy atom. The number of carbonyl (C=O) groups is 3. The molecule has 1 aliphatic carbocycles. The van der Waals surface area contributed by atoms with E-state index in [0.29, 0.717) is 41.7 Å². The monoisotopic (exact) mass is 627 g/mol. The smallest absolute Gasteiger partial charge is 0.256 e. The highest BCUT2D eigenvalue weighted by Crippen LogP contribution is 2.29. The average Bonchev–Trinajstić information content (AvgIpc) is 3.06. The number of hydrogen-bond acceptors (Lipinski definition) is 8. The maximum atomic E-state index is 14.8. The van der Waals surface area contributed by atoms with Gasteiger partial charge in [0.15, 0.2) is 11.8 Å². The molecule has 0 saturated heterocycles. The van der Waals surface area contributed by atoms with Crippen LogP contribution in [0, 0.1) is 5.41 Å². The van der Waals surface area contributed by atoms with Crippen molar-refractivity contribution in [3.63, 3.8) is 0 Å². The minimum atomic E-state index is -1.47. The van der Waals surface area contributed by atoms with E-state index in [4.69, 9.17) is 21.9 Å². The van der Waals surface area contributed by atoms with Gasteiger partial charge in [-0.05, 0) is 50.3 Å². The van der Waals surface area contributed by atoms with Gasteiger partial charge >= 0.3 is 0 Å². The lowest BCUT2D eigenvalue weighted by Gasteiger charge is -2.36. The predicted molar refractivity (Wildman–Crippen MR) is 176 cm³/mol. The lowest BCUT2D eigenvalue weighted by molar-refractivity contribution is -0.131. The van der Waals surface area contributed by atoms with Gasteiger partial charge in [-0.3, -0.25) is 29.7 Å². The molecule has 1 fully saturated rings. The molecule has 0 unspecified atom stereocenters. The number of nitrogens with two attached hydrogens (primary N) is 2. The number of guanidine groups is 1. The molecule has 1 aliphatic rings. The molecule has 0 bridgehead atoms. The molecule has 1 saturated carbocycles. The van der Waals surface area contributed by atoms with Gasteiger partial charge in [-0.1, -0.05) is 61.7 Å². The van der Waals surface area contributed by atoms with Gasteiger partial charge in [0.25, 0.3) is 5.91 Å². The molecule has 1 heterocycles. The van der Waals surface area contributed by atoms with Gasteiger partial charge in [0.05, 0.1) is 28.8 Å². The lowest BCUT2D eigenvalue weighted by atomic mass is 9.92. The molecule has 0 spiro atoms. The Hall–Kier alpha value is -5.13. The van der Waals surface area contributed by atoms with E-state index in [9.17, 15) is 19.2 Å². The third kappa shape index (κ3) is 8.74. The van der Waals surface area contributed by atoms with Crippen LogP contribution in [0.25, 0.3) is 16.6 Å². The fourth-order valence-electron chi connectivity index (χ4n) is 5.53. The van der Waals surface area contributed by atoms with Crippen molar-refractivity contribution in [3.05, 3.63) is 66.4 Å². The molecule has 3 amide bonds. The third-order valence-electron chi connectivity index (χ3n) is 7.91. The number of nitrogens with zero attached hydrogens (tertiary/aromatic N) is 3. The topological polar surface area (TPSA) is 209 Å². The number of aromatic nitrogens is 2. The van der Waals surface area contributed by atoms with Gasteiger partial charge in [-0.25, -0.2) is 9.78 Å². The molecule has 0 radical (unpaired) electrons. The van der Waals surface area contributed by atoms with Crippen molar-refractivity contribution in [3.8, 4) is 0 Å². The van der Waals surface area contributed by atoms with Crippen LogP contribution in [-0.2, 0) is 19.2 Å². The number of fused-ring (bicyclic) bond motifs is 1. The fraction of sp³-hybridized carbons (Fsp3) is 0.394. The molecule has 0 aliphatic heterocycles. The summed E-state index contributed by atoms with van der Waals surface area (Å²) in [5.41, 5.74) is 12.8. The van der Waals surface area contributed by atoms with Crippen LogP contribution in [-0.4, -0.2) is 70.3 Å². The van der Waals surface area contributed by atoms with Crippen LogP contribution in [0.5, 0.6) is 0 Å². The Morgan fingerprint density at radius 3 is 2.33 bits per heavy atom. The summed E-state index contributed by atoms with van der Waals surface area (Å²) >= 11 is 0. The molecule has 3 aromatic rings. The van der Waals surface area contributed by atoms with Crippen molar-refractivity contribution in [2.75, 3.05) is 11.4 Å². The van der Waals surface area contributed by atoms with Crippen molar-refractivity contribution in [1.29, 1.82) is 5.41 Å². The van der Waals surface area contributed by atoms with Crippen molar-refractivity contribution < 1.29 is 19.2 Å². The van der Waals surface area contributed by atoms with Gasteiger partial charge in [-0.15, -0.1) is 0 Å². The summed E-state index contributed by atoms with van der Waals surface area (Å²) in [5.74, 6) is 0.185. The minimum Gasteiger partial charge on any atom is -0.370 e. The van der Waals surface area contributed by atoms with Gasteiger partial charge in [-0.2, -0.15) is 0 Å². The molecule has 2 aromatic carbocycles. The molecule has 3 atom stereocenters. The van der Waals surface area contributed by atoms with Gasteiger partial charge in [0.2, 0.25) is 11.8 Å². The van der Waals surface area contributed by atoms with E-state index in [1.165, 1.54) is 13.1 Å². The van der Waals surface area contributed by atoms with E-state index in [-0.39, 0.29) is 30.5 Å². The maximum absolute atomic E-state index is 14.8. The molecule has 8 N–H and O–H groups in total. The number of amides is 3. The van der Waals surface area contributed by atoms with Crippen LogP contribution in [0.2, 0.25) is 0 Å². The Bertz CT molecular complexity index is 1580. The van der Waals surface area contributed by atoms with E-state index in [0.717, 1.165) is 19.3 Å². The molecule has 13 nitrogen and oxygen atoms in total. The Labute approximate surface area is 267 Å². The zero-order chi connectivity index (χ0) is 33.1. The normalized spacial score (nSPS) is 15.1. The van der Waals surface area contributed by atoms with Crippen molar-refractivity contribution in [2.24, 2.45) is 11.5 Å². The average molecular weight is 628 g/mol. The first-order valence-corrected chi connectivity index (χ1v) is 15.5. The highest BCUT2D eigenvalue weighted by molar-refractivity contribution is 6.12. The highest BCUT2D eigenvalue weighted by atomic mass is 16.2. The van der Waals surface area contributed by atoms with Crippen LogP contribution in [0.1, 0.15) is 57.4 Å². The second kappa shape index (κ2) is 16.3. The second-order valence-electron chi connectivity index (χ2n) is 11.4. The zero-order valence-corrected chi connectivity index (χ0v) is 25.9. The van der Waals surface area contributed by atoms with E-state index < -0.39 is 35.8 Å². The standard InChI is InChI=1S/C33H41N9O4/c1-21(34)30(44)40-27(17-10-18-37-33(35)36)31(45)41-29(24(20-43)22-11-4-2-5-12-22)32(46)42(23-13-6-3-7-14-23)28-19-38-25-15-8-9-16-26(25)39-28/h2,4-5,8-9,11-12,15-16,19,21,23,27,29H,3,6-7,10,13-14,17-18,34H2,1H3,(H,40,44)(H,41,45)(H4,35,36,37)/t21-,27-,29-/m0/s1. The van der Waals surface area contributed by atoms with E-state index >= 15 is 0 Å². The largest absolute Gasteiger partial charge is 0.370 e. The number of hydrogen-bond donors (Lipinski definition) is 6. The Balaban J connectivity index is 1.74. The molecular weight excluding hydrogens is 586 g/mol. The first-order valence-electron chi connectivity index (χ1n) is 15.5. The number of para-hydroxylation sites is 2. The second-order valence-corrected chi connectivity index (χ2v) is 11.4. The summed E-state index contributed by atoms with van der Waals surface area (Å²) in [6.07, 6.45) is 6.29. The first-order chi connectivity index (χ1) is 22.2. The van der Waals surface area contributed by atoms with Crippen molar-refractivity contribution in [2.45, 2.75) is 76.0 Å². The molecule has 4 rings (SSSR count). The van der Waals surface area contributed by atoms with Crippen LogP contribution >= 0.6 is 0 Å². The summed E-state index contributed by atoms with van der Waals surface area (Å²) in [6, 6.07) is 12.1. The van der Waals surface area contributed by atoms with Crippen molar-refractivity contribution >= 4 is 52.0 Å². The first kappa shape index (κ1) is 33.8. The van der Waals surface area contributed by atoms with Gasteiger partial charge < -0.3 is 27.4 Å². The van der Waals surface area contributed by atoms with E-state index in [1.54, 1.807) is 35.2 Å². The van der Waals surface area contributed by atoms with Crippen LogP contribution in [0.3, 0.4) is 0 Å². The number of carbonyl (C=O) groups excluding carboxylic acids is 4.